The molecule has 1 atom stereocenters. The molecule has 0 saturated heterocycles. The molecule has 0 aliphatic rings. The number of carboxylic acids is 1. The molecule has 1 aromatic rings. The van der Waals surface area contributed by atoms with Crippen molar-refractivity contribution in [3.63, 3.8) is 0 Å². The van der Waals surface area contributed by atoms with Crippen LogP contribution in [0.5, 0.6) is 0 Å². The van der Waals surface area contributed by atoms with Crippen molar-refractivity contribution in [2.75, 3.05) is 14.2 Å². The Kier molecular flexibility index (Phi) is 4.63. The van der Waals surface area contributed by atoms with Crippen molar-refractivity contribution in [2.24, 2.45) is 0 Å². The van der Waals surface area contributed by atoms with Gasteiger partial charge in [0.1, 0.15) is 0 Å². The Bertz CT molecular complexity index is 520. The SMILES string of the molecule is COC(=O)c1ccc(C(C)C(=O)O)cc1C(=O)OC. The van der Waals surface area contributed by atoms with Gasteiger partial charge in [0.2, 0.25) is 0 Å². The first-order chi connectivity index (χ1) is 8.92. The van der Waals surface area contributed by atoms with Crippen molar-refractivity contribution in [1.82, 2.24) is 0 Å². The number of carbonyl (C=O) groups is 3. The normalized spacial score (nSPS) is 11.5. The zero-order chi connectivity index (χ0) is 14.6. The van der Waals surface area contributed by atoms with Crippen molar-refractivity contribution >= 4 is 17.9 Å². The van der Waals surface area contributed by atoms with Crippen molar-refractivity contribution in [2.45, 2.75) is 12.8 Å². The first kappa shape index (κ1) is 14.7. The lowest BCUT2D eigenvalue weighted by Crippen LogP contribution is -2.14. The van der Waals surface area contributed by atoms with E-state index in [0.29, 0.717) is 5.56 Å². The Morgan fingerprint density at radius 3 is 2.05 bits per heavy atom. The number of hydrogen-bond donors (Lipinski definition) is 1. The Morgan fingerprint density at radius 2 is 1.58 bits per heavy atom. The lowest BCUT2D eigenvalue weighted by Gasteiger charge is -2.11. The standard InChI is InChI=1S/C13H14O6/c1-7(11(14)15)8-4-5-9(12(16)18-2)10(6-8)13(17)19-3/h4-7H,1-3H3,(H,14,15). The lowest BCUT2D eigenvalue weighted by molar-refractivity contribution is -0.138. The van der Waals surface area contributed by atoms with Gasteiger partial charge in [0.25, 0.3) is 0 Å². The van der Waals surface area contributed by atoms with Gasteiger partial charge in [0.15, 0.2) is 0 Å². The van der Waals surface area contributed by atoms with E-state index >= 15 is 0 Å². The molecule has 0 aliphatic heterocycles. The maximum atomic E-state index is 11.6. The molecular weight excluding hydrogens is 252 g/mol. The zero-order valence-electron chi connectivity index (χ0n) is 10.8. The van der Waals surface area contributed by atoms with Gasteiger partial charge in [-0.1, -0.05) is 6.07 Å². The lowest BCUT2D eigenvalue weighted by atomic mass is 9.96. The summed E-state index contributed by atoms with van der Waals surface area (Å²) in [6.07, 6.45) is 0. The van der Waals surface area contributed by atoms with E-state index in [0.717, 1.165) is 0 Å². The number of hydrogen-bond acceptors (Lipinski definition) is 5. The molecule has 0 amide bonds. The molecule has 0 saturated carbocycles. The fourth-order valence-electron chi connectivity index (χ4n) is 1.54. The molecular formula is C13H14O6. The van der Waals surface area contributed by atoms with E-state index in [-0.39, 0.29) is 11.1 Å². The molecule has 0 aliphatic carbocycles. The highest BCUT2D eigenvalue weighted by Gasteiger charge is 2.22. The van der Waals surface area contributed by atoms with E-state index in [2.05, 4.69) is 9.47 Å². The van der Waals surface area contributed by atoms with Crippen molar-refractivity contribution in [1.29, 1.82) is 0 Å². The summed E-state index contributed by atoms with van der Waals surface area (Å²) in [7, 11) is 2.37. The smallest absolute Gasteiger partial charge is 0.338 e. The zero-order valence-corrected chi connectivity index (χ0v) is 10.8. The number of methoxy groups -OCH3 is 2. The molecule has 6 heteroatoms. The predicted octanol–water partition coefficient (Wildman–Crippen LogP) is 1.45. The molecule has 1 unspecified atom stereocenters. The Morgan fingerprint density at radius 1 is 1.05 bits per heavy atom. The number of aliphatic carboxylic acids is 1. The summed E-state index contributed by atoms with van der Waals surface area (Å²) in [5.74, 6) is -3.23. The average Bonchev–Trinajstić information content (AvgIpc) is 2.43. The van der Waals surface area contributed by atoms with Crippen LogP contribution >= 0.6 is 0 Å². The topological polar surface area (TPSA) is 89.9 Å². The largest absolute Gasteiger partial charge is 0.481 e. The van der Waals surface area contributed by atoms with Crippen LogP contribution in [0.25, 0.3) is 0 Å². The van der Waals surface area contributed by atoms with Crippen LogP contribution in [-0.4, -0.2) is 37.2 Å². The molecule has 102 valence electrons. The van der Waals surface area contributed by atoms with Gasteiger partial charge in [0.05, 0.1) is 31.3 Å². The maximum Gasteiger partial charge on any atom is 0.338 e. The molecule has 1 N–H and O–H groups in total. The minimum atomic E-state index is -1.03. The summed E-state index contributed by atoms with van der Waals surface area (Å²) in [5.41, 5.74) is 0.427. The first-order valence-corrected chi connectivity index (χ1v) is 5.45. The monoisotopic (exact) mass is 266 g/mol. The Hall–Kier alpha value is -2.37. The summed E-state index contributed by atoms with van der Waals surface area (Å²) < 4.78 is 9.13. The van der Waals surface area contributed by atoms with Gasteiger partial charge >= 0.3 is 17.9 Å². The number of carbonyl (C=O) groups excluding carboxylic acids is 2. The number of rotatable bonds is 4. The molecule has 0 heterocycles. The van der Waals surface area contributed by atoms with Crippen molar-refractivity contribution < 1.29 is 29.0 Å². The van der Waals surface area contributed by atoms with E-state index in [1.807, 2.05) is 0 Å². The third kappa shape index (κ3) is 3.09. The minimum Gasteiger partial charge on any atom is -0.481 e. The Balaban J connectivity index is 3.34. The van der Waals surface area contributed by atoms with Crippen LogP contribution in [0, 0.1) is 0 Å². The van der Waals surface area contributed by atoms with Gasteiger partial charge < -0.3 is 14.6 Å². The van der Waals surface area contributed by atoms with Gasteiger partial charge in [-0.15, -0.1) is 0 Å². The third-order valence-electron chi connectivity index (χ3n) is 2.72. The molecule has 1 aromatic carbocycles. The summed E-state index contributed by atoms with van der Waals surface area (Å²) in [6, 6.07) is 4.15. The molecule has 19 heavy (non-hydrogen) atoms. The highest BCUT2D eigenvalue weighted by atomic mass is 16.5. The van der Waals surface area contributed by atoms with E-state index in [1.54, 1.807) is 0 Å². The summed E-state index contributed by atoms with van der Waals surface area (Å²) >= 11 is 0. The molecule has 0 aromatic heterocycles. The number of ether oxygens (including phenoxy) is 2. The minimum absolute atomic E-state index is 0.0139. The molecule has 0 spiro atoms. The van der Waals surface area contributed by atoms with Gasteiger partial charge in [-0.25, -0.2) is 9.59 Å². The number of esters is 2. The third-order valence-corrected chi connectivity index (χ3v) is 2.72. The number of carboxylic acid groups (broad SMARTS) is 1. The molecule has 1 rings (SSSR count). The predicted molar refractivity (Wildman–Crippen MR) is 65.2 cm³/mol. The molecule has 6 nitrogen and oxygen atoms in total. The van der Waals surface area contributed by atoms with Crippen LogP contribution < -0.4 is 0 Å². The van der Waals surface area contributed by atoms with Gasteiger partial charge in [0, 0.05) is 0 Å². The van der Waals surface area contributed by atoms with Gasteiger partial charge in [-0.05, 0) is 24.6 Å². The second-order valence-electron chi connectivity index (χ2n) is 3.85. The fraction of sp³-hybridized carbons (Fsp3) is 0.308. The highest BCUT2D eigenvalue weighted by Crippen LogP contribution is 2.21. The van der Waals surface area contributed by atoms with Crippen LogP contribution in [0.1, 0.15) is 39.1 Å². The fourth-order valence-corrected chi connectivity index (χ4v) is 1.54. The van der Waals surface area contributed by atoms with E-state index in [1.165, 1.54) is 39.3 Å². The van der Waals surface area contributed by atoms with Crippen LogP contribution in [0.3, 0.4) is 0 Å². The molecule has 0 fully saturated rings. The molecule has 0 radical (unpaired) electrons. The quantitative estimate of drug-likeness (QED) is 0.829. The maximum absolute atomic E-state index is 11.6. The van der Waals surface area contributed by atoms with E-state index < -0.39 is 23.8 Å². The van der Waals surface area contributed by atoms with Crippen LogP contribution in [0.4, 0.5) is 0 Å². The summed E-state index contributed by atoms with van der Waals surface area (Å²) in [4.78, 5) is 34.1. The second-order valence-corrected chi connectivity index (χ2v) is 3.85. The van der Waals surface area contributed by atoms with Gasteiger partial charge in [-0.3, -0.25) is 4.79 Å². The van der Waals surface area contributed by atoms with Crippen LogP contribution in [0.15, 0.2) is 18.2 Å². The van der Waals surface area contributed by atoms with Crippen LogP contribution in [-0.2, 0) is 14.3 Å². The highest BCUT2D eigenvalue weighted by molar-refractivity contribution is 6.03. The summed E-state index contributed by atoms with van der Waals surface area (Å²) in [5, 5.41) is 8.94. The second kappa shape index (κ2) is 5.99. The number of benzene rings is 1. The summed E-state index contributed by atoms with van der Waals surface area (Å²) in [6.45, 7) is 1.48. The first-order valence-electron chi connectivity index (χ1n) is 5.45. The Labute approximate surface area is 109 Å². The molecule has 0 bridgehead atoms. The van der Waals surface area contributed by atoms with E-state index in [4.69, 9.17) is 5.11 Å². The van der Waals surface area contributed by atoms with Crippen molar-refractivity contribution in [3.05, 3.63) is 34.9 Å². The van der Waals surface area contributed by atoms with Crippen molar-refractivity contribution in [3.8, 4) is 0 Å². The van der Waals surface area contributed by atoms with Gasteiger partial charge in [-0.2, -0.15) is 0 Å². The average molecular weight is 266 g/mol. The van der Waals surface area contributed by atoms with E-state index in [9.17, 15) is 14.4 Å². The van der Waals surface area contributed by atoms with Crippen LogP contribution in [0.2, 0.25) is 0 Å².